The van der Waals surface area contributed by atoms with Crippen LogP contribution in [-0.4, -0.2) is 25.2 Å². The van der Waals surface area contributed by atoms with E-state index >= 15 is 0 Å². The zero-order chi connectivity index (χ0) is 27.0. The maximum atomic E-state index is 10.5. The number of carbonyl (C=O) groups excluding carboxylic acids is 2. The molecule has 0 saturated heterocycles. The van der Waals surface area contributed by atoms with E-state index in [0.29, 0.717) is 13.2 Å². The molecule has 36 heavy (non-hydrogen) atoms. The highest BCUT2D eigenvalue weighted by atomic mass is 16.5. The molecule has 0 unspecified atom stereocenters. The van der Waals surface area contributed by atoms with Crippen molar-refractivity contribution in [2.75, 3.05) is 13.2 Å². The van der Waals surface area contributed by atoms with Gasteiger partial charge in [-0.15, -0.1) is 0 Å². The first-order chi connectivity index (χ1) is 17.5. The standard InChI is InChI=1S/C18H32O2.C14H24O2/c1-3-4-5-6-7-8-9-10-11-12-13-14-15-16-17-20-18(2)19;1-3-4-5-6-7-8-9-10-11-12-13-16-14(2)15/h6-7,10-11H,3-5,8-9,12-17H2,1-2H3;8-11H,3-7,12-13H2,1-2H3/b7-6+,11-10-;9-8+,11-10-. The minimum absolute atomic E-state index is 0.170. The van der Waals surface area contributed by atoms with Gasteiger partial charge in [0.1, 0.15) is 0 Å². The number of hydrogen-bond donors (Lipinski definition) is 0. The second-order valence-corrected chi connectivity index (χ2v) is 9.04. The molecule has 0 aliphatic rings. The highest BCUT2D eigenvalue weighted by molar-refractivity contribution is 5.66. The van der Waals surface area contributed by atoms with Gasteiger partial charge >= 0.3 is 11.9 Å². The summed E-state index contributed by atoms with van der Waals surface area (Å²) < 4.78 is 9.69. The monoisotopic (exact) mass is 504 g/mol. The molecule has 0 atom stereocenters. The zero-order valence-electron chi connectivity index (χ0n) is 24.0. The molecule has 0 aliphatic heterocycles. The summed E-state index contributed by atoms with van der Waals surface area (Å²) in [7, 11) is 0. The number of allylic oxidation sites excluding steroid dienone is 7. The van der Waals surface area contributed by atoms with E-state index < -0.39 is 0 Å². The van der Waals surface area contributed by atoms with Gasteiger partial charge in [-0.1, -0.05) is 107 Å². The summed E-state index contributed by atoms with van der Waals surface area (Å²) in [5.41, 5.74) is 0. The molecular formula is C32H56O4. The fourth-order valence-electron chi connectivity index (χ4n) is 3.23. The van der Waals surface area contributed by atoms with Crippen molar-refractivity contribution < 1.29 is 19.1 Å². The molecule has 0 bridgehead atoms. The third-order valence-corrected chi connectivity index (χ3v) is 5.33. The van der Waals surface area contributed by atoms with Gasteiger partial charge < -0.3 is 9.47 Å². The first-order valence-corrected chi connectivity index (χ1v) is 14.4. The number of hydrogen-bond acceptors (Lipinski definition) is 4. The lowest BCUT2D eigenvalue weighted by atomic mass is 10.1. The Balaban J connectivity index is 0. The first kappa shape index (κ1) is 36.1. The van der Waals surface area contributed by atoms with Crippen molar-refractivity contribution in [1.82, 2.24) is 0 Å². The topological polar surface area (TPSA) is 52.6 Å². The molecule has 0 N–H and O–H groups in total. The summed E-state index contributed by atoms with van der Waals surface area (Å²) in [5.74, 6) is -0.378. The molecule has 0 aromatic carbocycles. The van der Waals surface area contributed by atoms with Gasteiger partial charge in [0.25, 0.3) is 0 Å². The van der Waals surface area contributed by atoms with Crippen LogP contribution in [0.4, 0.5) is 0 Å². The van der Waals surface area contributed by atoms with Gasteiger partial charge in [-0.3, -0.25) is 9.59 Å². The number of carbonyl (C=O) groups is 2. The molecule has 0 heterocycles. The number of unbranched alkanes of at least 4 members (excludes halogenated alkanes) is 11. The fourth-order valence-corrected chi connectivity index (χ4v) is 3.23. The average Bonchev–Trinajstić information content (AvgIpc) is 2.85. The Hall–Kier alpha value is -2.10. The minimum atomic E-state index is -0.208. The van der Waals surface area contributed by atoms with E-state index in [9.17, 15) is 9.59 Å². The Morgan fingerprint density at radius 2 is 0.917 bits per heavy atom. The molecule has 0 spiro atoms. The molecule has 208 valence electrons. The summed E-state index contributed by atoms with van der Waals surface area (Å²) in [5, 5.41) is 0. The second-order valence-electron chi connectivity index (χ2n) is 9.04. The van der Waals surface area contributed by atoms with Crippen LogP contribution in [0.15, 0.2) is 48.6 Å². The molecule has 0 rings (SSSR count). The van der Waals surface area contributed by atoms with Gasteiger partial charge in [-0.25, -0.2) is 0 Å². The van der Waals surface area contributed by atoms with Gasteiger partial charge in [0.15, 0.2) is 0 Å². The lowest BCUT2D eigenvalue weighted by molar-refractivity contribution is -0.141. The highest BCUT2D eigenvalue weighted by Gasteiger charge is 1.93. The van der Waals surface area contributed by atoms with Crippen LogP contribution in [0.2, 0.25) is 0 Å². The minimum Gasteiger partial charge on any atom is -0.466 e. The summed E-state index contributed by atoms with van der Waals surface area (Å²) in [6, 6.07) is 0. The molecule has 4 nitrogen and oxygen atoms in total. The molecular weight excluding hydrogens is 448 g/mol. The molecule has 0 aromatic rings. The van der Waals surface area contributed by atoms with Gasteiger partial charge in [0.2, 0.25) is 0 Å². The van der Waals surface area contributed by atoms with E-state index in [-0.39, 0.29) is 11.9 Å². The van der Waals surface area contributed by atoms with Crippen molar-refractivity contribution in [3.05, 3.63) is 48.6 Å². The Morgan fingerprint density at radius 3 is 1.50 bits per heavy atom. The molecule has 0 amide bonds. The van der Waals surface area contributed by atoms with E-state index in [0.717, 1.165) is 32.1 Å². The van der Waals surface area contributed by atoms with Crippen molar-refractivity contribution in [2.45, 2.75) is 130 Å². The van der Waals surface area contributed by atoms with Crippen LogP contribution in [0.1, 0.15) is 130 Å². The summed E-state index contributed by atoms with van der Waals surface area (Å²) in [6.45, 7) is 8.41. The Morgan fingerprint density at radius 1 is 0.472 bits per heavy atom. The Labute approximate surface area is 223 Å². The van der Waals surface area contributed by atoms with Crippen LogP contribution < -0.4 is 0 Å². The van der Waals surface area contributed by atoms with Crippen LogP contribution in [0.3, 0.4) is 0 Å². The van der Waals surface area contributed by atoms with Crippen LogP contribution in [-0.2, 0) is 19.1 Å². The largest absolute Gasteiger partial charge is 0.466 e. The predicted octanol–water partition coefficient (Wildman–Crippen LogP) is 9.61. The van der Waals surface area contributed by atoms with Crippen LogP contribution in [0, 0.1) is 0 Å². The van der Waals surface area contributed by atoms with Crippen LogP contribution >= 0.6 is 0 Å². The maximum absolute atomic E-state index is 10.5. The third kappa shape index (κ3) is 39.1. The summed E-state index contributed by atoms with van der Waals surface area (Å²) in [4.78, 5) is 21.0. The molecule has 0 radical (unpaired) electrons. The van der Waals surface area contributed by atoms with Crippen molar-refractivity contribution in [3.63, 3.8) is 0 Å². The van der Waals surface area contributed by atoms with E-state index in [4.69, 9.17) is 9.47 Å². The third-order valence-electron chi connectivity index (χ3n) is 5.33. The highest BCUT2D eigenvalue weighted by Crippen LogP contribution is 2.05. The van der Waals surface area contributed by atoms with Crippen molar-refractivity contribution in [2.24, 2.45) is 0 Å². The average molecular weight is 505 g/mol. The van der Waals surface area contributed by atoms with E-state index in [1.54, 1.807) is 0 Å². The smallest absolute Gasteiger partial charge is 0.302 e. The van der Waals surface area contributed by atoms with Crippen molar-refractivity contribution in [1.29, 1.82) is 0 Å². The van der Waals surface area contributed by atoms with E-state index in [1.165, 1.54) is 84.5 Å². The van der Waals surface area contributed by atoms with E-state index in [1.807, 2.05) is 12.2 Å². The van der Waals surface area contributed by atoms with Crippen molar-refractivity contribution >= 4 is 11.9 Å². The maximum Gasteiger partial charge on any atom is 0.302 e. The number of rotatable bonds is 22. The van der Waals surface area contributed by atoms with Gasteiger partial charge in [-0.05, 0) is 57.8 Å². The van der Waals surface area contributed by atoms with E-state index in [2.05, 4.69) is 50.3 Å². The Kier molecular flexibility index (Phi) is 33.0. The lowest BCUT2D eigenvalue weighted by Gasteiger charge is -2.00. The number of esters is 2. The molecule has 0 fully saturated rings. The van der Waals surface area contributed by atoms with Crippen molar-refractivity contribution in [3.8, 4) is 0 Å². The van der Waals surface area contributed by atoms with Gasteiger partial charge in [-0.2, -0.15) is 0 Å². The number of ether oxygens (including phenoxy) is 2. The first-order valence-electron chi connectivity index (χ1n) is 14.4. The summed E-state index contributed by atoms with van der Waals surface area (Å²) in [6.07, 6.45) is 36.6. The van der Waals surface area contributed by atoms with Crippen LogP contribution in [0.25, 0.3) is 0 Å². The predicted molar refractivity (Wildman–Crippen MR) is 155 cm³/mol. The Bertz CT molecular complexity index is 587. The SMILES string of the molecule is CCCC/C=C/CC/C=C\CCCCCCOC(C)=O.CCCCCC/C=C/C=C\CCOC(C)=O. The van der Waals surface area contributed by atoms with Crippen LogP contribution in [0.5, 0.6) is 0 Å². The molecule has 0 aliphatic carbocycles. The van der Waals surface area contributed by atoms with Gasteiger partial charge in [0.05, 0.1) is 13.2 Å². The quantitative estimate of drug-likeness (QED) is 0.0637. The fraction of sp³-hybridized carbons (Fsp3) is 0.688. The lowest BCUT2D eigenvalue weighted by Crippen LogP contribution is -1.99. The zero-order valence-corrected chi connectivity index (χ0v) is 24.0. The molecule has 0 saturated carbocycles. The molecule has 4 heteroatoms. The summed E-state index contributed by atoms with van der Waals surface area (Å²) >= 11 is 0. The second kappa shape index (κ2) is 32.9. The normalized spacial score (nSPS) is 11.4. The molecule has 0 aromatic heterocycles. The van der Waals surface area contributed by atoms with Gasteiger partial charge in [0, 0.05) is 13.8 Å².